The zero-order valence-corrected chi connectivity index (χ0v) is 5.06. The Morgan fingerprint density at radius 2 is 1.88 bits per heavy atom. The zero-order chi connectivity index (χ0) is 5.61. The molecule has 0 spiro atoms. The van der Waals surface area contributed by atoms with Crippen molar-refractivity contribution in [2.75, 3.05) is 0 Å². The molecule has 2 aliphatic rings. The smallest absolute Gasteiger partial charge is 0.0650 e. The van der Waals surface area contributed by atoms with Crippen LogP contribution in [0.5, 0.6) is 0 Å². The Bertz CT molecular complexity index is 101. The van der Waals surface area contributed by atoms with Gasteiger partial charge in [-0.15, -0.1) is 0 Å². The Hall–Kier alpha value is -0.0400. The number of aliphatic hydroxyl groups is 1. The van der Waals surface area contributed by atoms with E-state index in [0.29, 0.717) is 0 Å². The van der Waals surface area contributed by atoms with Gasteiger partial charge in [-0.2, -0.15) is 0 Å². The maximum atomic E-state index is 9.54. The maximum absolute atomic E-state index is 9.54. The van der Waals surface area contributed by atoms with Gasteiger partial charge in [0.15, 0.2) is 0 Å². The quantitative estimate of drug-likeness (QED) is 0.501. The molecule has 0 aromatic carbocycles. The Morgan fingerprint density at radius 3 is 2.00 bits per heavy atom. The molecule has 0 radical (unpaired) electrons. The van der Waals surface area contributed by atoms with Crippen LogP contribution in [-0.2, 0) is 0 Å². The van der Waals surface area contributed by atoms with Crippen molar-refractivity contribution in [2.24, 2.45) is 5.92 Å². The predicted molar refractivity (Wildman–Crippen MR) is 31.5 cm³/mol. The molecule has 2 fully saturated rings. The molecule has 0 saturated heterocycles. The monoisotopic (exact) mass is 112 g/mol. The summed E-state index contributed by atoms with van der Waals surface area (Å²) in [6, 6.07) is 0. The molecule has 0 amide bonds. The topological polar surface area (TPSA) is 20.2 Å². The van der Waals surface area contributed by atoms with Gasteiger partial charge in [0.2, 0.25) is 0 Å². The summed E-state index contributed by atoms with van der Waals surface area (Å²) < 4.78 is 0. The summed E-state index contributed by atoms with van der Waals surface area (Å²) >= 11 is 0. The van der Waals surface area contributed by atoms with Crippen LogP contribution in [0, 0.1) is 5.92 Å². The summed E-state index contributed by atoms with van der Waals surface area (Å²) in [6.07, 6.45) is 5.84. The van der Waals surface area contributed by atoms with Crippen LogP contribution in [0.15, 0.2) is 0 Å². The molecule has 0 aromatic rings. The van der Waals surface area contributed by atoms with Crippen molar-refractivity contribution < 1.29 is 5.11 Å². The van der Waals surface area contributed by atoms with Crippen molar-refractivity contribution >= 4 is 0 Å². The SMILES string of the molecule is OC12CCC(CC1)C2. The van der Waals surface area contributed by atoms with Gasteiger partial charge in [0, 0.05) is 0 Å². The van der Waals surface area contributed by atoms with Crippen LogP contribution in [0.2, 0.25) is 0 Å². The van der Waals surface area contributed by atoms with E-state index in [9.17, 15) is 5.11 Å². The van der Waals surface area contributed by atoms with Crippen molar-refractivity contribution in [3.05, 3.63) is 0 Å². The van der Waals surface area contributed by atoms with Gasteiger partial charge >= 0.3 is 0 Å². The molecule has 2 aliphatic carbocycles. The van der Waals surface area contributed by atoms with Gasteiger partial charge in [0.25, 0.3) is 0 Å². The standard InChI is InChI=1S/C7H12O/c8-7-3-1-6(5-7)2-4-7/h6,8H,1-5H2. The first-order chi connectivity index (χ1) is 3.79. The van der Waals surface area contributed by atoms with Crippen LogP contribution >= 0.6 is 0 Å². The minimum Gasteiger partial charge on any atom is -0.390 e. The van der Waals surface area contributed by atoms with E-state index < -0.39 is 0 Å². The van der Waals surface area contributed by atoms with Crippen LogP contribution in [0.1, 0.15) is 32.1 Å². The average molecular weight is 112 g/mol. The van der Waals surface area contributed by atoms with E-state index >= 15 is 0 Å². The largest absolute Gasteiger partial charge is 0.390 e. The van der Waals surface area contributed by atoms with Crippen molar-refractivity contribution in [3.8, 4) is 0 Å². The Morgan fingerprint density at radius 1 is 1.25 bits per heavy atom. The highest BCUT2D eigenvalue weighted by Crippen LogP contribution is 2.47. The molecule has 1 N–H and O–H groups in total. The molecule has 0 aromatic heterocycles. The number of hydrogen-bond donors (Lipinski definition) is 1. The lowest BCUT2D eigenvalue weighted by Gasteiger charge is -2.17. The summed E-state index contributed by atoms with van der Waals surface area (Å²) in [6.45, 7) is 0. The van der Waals surface area contributed by atoms with Gasteiger partial charge in [0.1, 0.15) is 0 Å². The van der Waals surface area contributed by atoms with E-state index in [4.69, 9.17) is 0 Å². The molecule has 0 heterocycles. The minimum absolute atomic E-state index is 0.190. The third kappa shape index (κ3) is 0.510. The molecule has 0 atom stereocenters. The van der Waals surface area contributed by atoms with Gasteiger partial charge < -0.3 is 5.11 Å². The lowest BCUT2D eigenvalue weighted by molar-refractivity contribution is 0.0521. The summed E-state index contributed by atoms with van der Waals surface area (Å²) in [7, 11) is 0. The average Bonchev–Trinajstić information content (AvgIpc) is 2.21. The molecule has 0 aliphatic heterocycles. The second-order valence-corrected chi connectivity index (χ2v) is 3.37. The van der Waals surface area contributed by atoms with E-state index in [0.717, 1.165) is 25.2 Å². The highest BCUT2D eigenvalue weighted by atomic mass is 16.3. The van der Waals surface area contributed by atoms with Crippen molar-refractivity contribution in [1.82, 2.24) is 0 Å². The fraction of sp³-hybridized carbons (Fsp3) is 1.00. The first-order valence-corrected chi connectivity index (χ1v) is 3.51. The predicted octanol–water partition coefficient (Wildman–Crippen LogP) is 1.31. The second kappa shape index (κ2) is 1.27. The molecular weight excluding hydrogens is 100 g/mol. The maximum Gasteiger partial charge on any atom is 0.0650 e. The molecule has 2 saturated carbocycles. The molecular formula is C7H12O. The molecule has 1 nitrogen and oxygen atoms in total. The normalized spacial score (nSPS) is 52.9. The van der Waals surface area contributed by atoms with E-state index in [1.165, 1.54) is 12.8 Å². The van der Waals surface area contributed by atoms with Gasteiger partial charge in [-0.3, -0.25) is 0 Å². The number of fused-ring (bicyclic) bond motifs is 2. The van der Waals surface area contributed by atoms with E-state index in [1.54, 1.807) is 0 Å². The van der Waals surface area contributed by atoms with Gasteiger partial charge in [-0.05, 0) is 38.0 Å². The fourth-order valence-corrected chi connectivity index (χ4v) is 2.16. The van der Waals surface area contributed by atoms with E-state index in [2.05, 4.69) is 0 Å². The van der Waals surface area contributed by atoms with Crippen LogP contribution in [-0.4, -0.2) is 10.7 Å². The zero-order valence-electron chi connectivity index (χ0n) is 5.06. The van der Waals surface area contributed by atoms with Crippen LogP contribution < -0.4 is 0 Å². The highest BCUT2D eigenvalue weighted by molar-refractivity contribution is 4.95. The van der Waals surface area contributed by atoms with Gasteiger partial charge in [0.05, 0.1) is 5.60 Å². The van der Waals surface area contributed by atoms with Crippen molar-refractivity contribution in [1.29, 1.82) is 0 Å². The van der Waals surface area contributed by atoms with Crippen LogP contribution in [0.25, 0.3) is 0 Å². The lowest BCUT2D eigenvalue weighted by Crippen LogP contribution is -2.20. The third-order valence-corrected chi connectivity index (χ3v) is 2.70. The van der Waals surface area contributed by atoms with Crippen molar-refractivity contribution in [2.45, 2.75) is 37.7 Å². The minimum atomic E-state index is -0.190. The first-order valence-electron chi connectivity index (χ1n) is 3.51. The molecule has 46 valence electrons. The molecule has 0 unspecified atom stereocenters. The van der Waals surface area contributed by atoms with Crippen molar-refractivity contribution in [3.63, 3.8) is 0 Å². The fourth-order valence-electron chi connectivity index (χ4n) is 2.16. The lowest BCUT2D eigenvalue weighted by atomic mass is 9.98. The van der Waals surface area contributed by atoms with Crippen LogP contribution in [0.4, 0.5) is 0 Å². The highest BCUT2D eigenvalue weighted by Gasteiger charge is 2.42. The first kappa shape index (κ1) is 4.80. The van der Waals surface area contributed by atoms with E-state index in [1.807, 2.05) is 0 Å². The molecule has 8 heavy (non-hydrogen) atoms. The summed E-state index contributed by atoms with van der Waals surface area (Å²) in [5.74, 6) is 0.889. The van der Waals surface area contributed by atoms with Gasteiger partial charge in [-0.1, -0.05) is 0 Å². The Labute approximate surface area is 49.7 Å². The summed E-state index contributed by atoms with van der Waals surface area (Å²) in [5, 5.41) is 9.54. The second-order valence-electron chi connectivity index (χ2n) is 3.37. The number of rotatable bonds is 0. The van der Waals surface area contributed by atoms with Gasteiger partial charge in [-0.25, -0.2) is 0 Å². The number of hydrogen-bond acceptors (Lipinski definition) is 1. The third-order valence-electron chi connectivity index (χ3n) is 2.70. The molecule has 1 heteroatoms. The summed E-state index contributed by atoms with van der Waals surface area (Å²) in [5.41, 5.74) is -0.190. The Kier molecular flexibility index (Phi) is 0.762. The van der Waals surface area contributed by atoms with E-state index in [-0.39, 0.29) is 5.60 Å². The molecule has 2 rings (SSSR count). The molecule has 2 bridgehead atoms. The van der Waals surface area contributed by atoms with Crippen LogP contribution in [0.3, 0.4) is 0 Å². The Balaban J connectivity index is 2.19. The summed E-state index contributed by atoms with van der Waals surface area (Å²) in [4.78, 5) is 0.